The van der Waals surface area contributed by atoms with Crippen LogP contribution in [-0.2, 0) is 11.2 Å². The van der Waals surface area contributed by atoms with Gasteiger partial charge in [0.05, 0.1) is 25.0 Å². The Balaban J connectivity index is 1.32. The molecule has 0 bridgehead atoms. The quantitative estimate of drug-likeness (QED) is 0.439. The number of nitrogens with one attached hydrogen (secondary N) is 3. The molecule has 0 atom stereocenters. The minimum absolute atomic E-state index is 0.0281. The number of carbonyl (C=O) groups is 1. The van der Waals surface area contributed by atoms with Crippen molar-refractivity contribution in [3.63, 3.8) is 0 Å². The Labute approximate surface area is 180 Å². The molecular formula is C23H24N6O2. The van der Waals surface area contributed by atoms with Gasteiger partial charge in [-0.25, -0.2) is 4.98 Å². The van der Waals surface area contributed by atoms with Crippen LogP contribution >= 0.6 is 0 Å². The second-order valence-corrected chi connectivity index (χ2v) is 7.54. The van der Waals surface area contributed by atoms with E-state index in [1.165, 1.54) is 0 Å². The van der Waals surface area contributed by atoms with Crippen LogP contribution in [0.2, 0.25) is 0 Å². The summed E-state index contributed by atoms with van der Waals surface area (Å²) >= 11 is 0. The minimum Gasteiger partial charge on any atom is -0.378 e. The van der Waals surface area contributed by atoms with Gasteiger partial charge in [-0.2, -0.15) is 5.10 Å². The maximum Gasteiger partial charge on any atom is 0.253 e. The molecule has 1 amide bonds. The van der Waals surface area contributed by atoms with Crippen molar-refractivity contribution in [3.8, 4) is 11.3 Å². The van der Waals surface area contributed by atoms with E-state index in [1.54, 1.807) is 6.20 Å². The van der Waals surface area contributed by atoms with E-state index in [2.05, 4.69) is 36.8 Å². The summed E-state index contributed by atoms with van der Waals surface area (Å²) in [6.07, 6.45) is 4.36. The molecular weight excluding hydrogens is 392 g/mol. The number of fused-ring (bicyclic) bond motifs is 1. The molecule has 0 spiro atoms. The van der Waals surface area contributed by atoms with Crippen molar-refractivity contribution in [1.29, 1.82) is 0 Å². The molecule has 5 rings (SSSR count). The Kier molecular flexibility index (Phi) is 5.37. The summed E-state index contributed by atoms with van der Waals surface area (Å²) in [5, 5.41) is 7.28. The summed E-state index contributed by atoms with van der Waals surface area (Å²) in [7, 11) is 0. The number of hydrazone groups is 1. The molecule has 3 N–H and O–H groups in total. The van der Waals surface area contributed by atoms with Gasteiger partial charge in [-0.1, -0.05) is 18.2 Å². The number of amides is 1. The second-order valence-electron chi connectivity index (χ2n) is 7.54. The third-order valence-corrected chi connectivity index (χ3v) is 5.55. The van der Waals surface area contributed by atoms with Crippen molar-refractivity contribution >= 4 is 23.6 Å². The molecule has 4 heterocycles. The number of rotatable bonds is 5. The number of ether oxygens (including phenoxy) is 1. The first-order valence-electron chi connectivity index (χ1n) is 10.5. The fourth-order valence-corrected chi connectivity index (χ4v) is 3.97. The molecule has 1 aromatic carbocycles. The standard InChI is InChI=1S/C23H24N6O2/c30-23-18-14-20(27-19(18)6-8-25-23)16-5-7-24-22(13-16)28-26-15-17-3-1-2-4-21(17)29-9-11-31-12-10-29/h1-5,7,13-15,27H,6,8-12H2,(H,24,28)(H,25,30)/b26-15+. The minimum atomic E-state index is -0.0281. The maximum absolute atomic E-state index is 12.0. The van der Waals surface area contributed by atoms with Crippen LogP contribution in [0, 0.1) is 0 Å². The molecule has 0 unspecified atom stereocenters. The summed E-state index contributed by atoms with van der Waals surface area (Å²) in [4.78, 5) is 22.1. The number of carbonyl (C=O) groups excluding carboxylic acids is 1. The number of H-pyrrole nitrogens is 1. The van der Waals surface area contributed by atoms with E-state index < -0.39 is 0 Å². The zero-order valence-electron chi connectivity index (χ0n) is 17.1. The molecule has 1 saturated heterocycles. The molecule has 1 fully saturated rings. The van der Waals surface area contributed by atoms with Crippen LogP contribution in [0.15, 0.2) is 53.8 Å². The van der Waals surface area contributed by atoms with E-state index >= 15 is 0 Å². The fourth-order valence-electron chi connectivity index (χ4n) is 3.97. The van der Waals surface area contributed by atoms with Crippen LogP contribution in [0.3, 0.4) is 0 Å². The zero-order chi connectivity index (χ0) is 21.0. The number of aromatic nitrogens is 2. The SMILES string of the molecule is O=C1NCCc2[nH]c(-c3ccnc(N/N=C/c4ccccc4N4CCOCC4)c3)cc21. The predicted molar refractivity (Wildman–Crippen MR) is 121 cm³/mol. The molecule has 3 aromatic rings. The number of aromatic amines is 1. The Morgan fingerprint density at radius 2 is 2.03 bits per heavy atom. The van der Waals surface area contributed by atoms with Crippen LogP contribution in [0.25, 0.3) is 11.3 Å². The van der Waals surface area contributed by atoms with E-state index in [0.717, 1.165) is 60.9 Å². The van der Waals surface area contributed by atoms with Crippen molar-refractivity contribution < 1.29 is 9.53 Å². The summed E-state index contributed by atoms with van der Waals surface area (Å²) in [6, 6.07) is 13.9. The van der Waals surface area contributed by atoms with Gasteiger partial charge in [0.2, 0.25) is 0 Å². The summed E-state index contributed by atoms with van der Waals surface area (Å²) in [6.45, 7) is 3.89. The van der Waals surface area contributed by atoms with Gasteiger partial charge >= 0.3 is 0 Å². The smallest absolute Gasteiger partial charge is 0.253 e. The third kappa shape index (κ3) is 4.15. The Hall–Kier alpha value is -3.65. The van der Waals surface area contributed by atoms with Crippen molar-refractivity contribution in [2.24, 2.45) is 5.10 Å². The topological polar surface area (TPSA) is 94.6 Å². The number of pyridine rings is 1. The monoisotopic (exact) mass is 416 g/mol. The van der Waals surface area contributed by atoms with Gasteiger partial charge < -0.3 is 19.9 Å². The molecule has 31 heavy (non-hydrogen) atoms. The highest BCUT2D eigenvalue weighted by molar-refractivity contribution is 5.97. The largest absolute Gasteiger partial charge is 0.378 e. The summed E-state index contributed by atoms with van der Waals surface area (Å²) in [5.41, 5.74) is 8.74. The van der Waals surface area contributed by atoms with Crippen LogP contribution in [-0.4, -0.2) is 54.9 Å². The third-order valence-electron chi connectivity index (χ3n) is 5.55. The van der Waals surface area contributed by atoms with Gasteiger partial charge in [0.15, 0.2) is 0 Å². The van der Waals surface area contributed by atoms with Gasteiger partial charge in [-0.3, -0.25) is 10.2 Å². The molecule has 2 aromatic heterocycles. The first kappa shape index (κ1) is 19.3. The van der Waals surface area contributed by atoms with Gasteiger partial charge in [-0.05, 0) is 24.3 Å². The number of nitrogens with zero attached hydrogens (tertiary/aromatic N) is 3. The number of benzene rings is 1. The lowest BCUT2D eigenvalue weighted by Gasteiger charge is -2.29. The number of anilines is 2. The molecule has 2 aliphatic heterocycles. The highest BCUT2D eigenvalue weighted by Crippen LogP contribution is 2.25. The lowest BCUT2D eigenvalue weighted by molar-refractivity contribution is 0.0946. The molecule has 8 nitrogen and oxygen atoms in total. The molecule has 158 valence electrons. The van der Waals surface area contributed by atoms with Crippen LogP contribution in [0.1, 0.15) is 21.6 Å². The van der Waals surface area contributed by atoms with Crippen LogP contribution < -0.4 is 15.6 Å². The highest BCUT2D eigenvalue weighted by Gasteiger charge is 2.20. The molecule has 2 aliphatic rings. The van der Waals surface area contributed by atoms with Crippen molar-refractivity contribution in [1.82, 2.24) is 15.3 Å². The van der Waals surface area contributed by atoms with E-state index in [4.69, 9.17) is 4.74 Å². The molecule has 0 saturated carbocycles. The molecule has 8 heteroatoms. The predicted octanol–water partition coefficient (Wildman–Crippen LogP) is 2.65. The number of hydrogen-bond acceptors (Lipinski definition) is 6. The lowest BCUT2D eigenvalue weighted by Crippen LogP contribution is -2.36. The van der Waals surface area contributed by atoms with E-state index in [1.807, 2.05) is 42.6 Å². The van der Waals surface area contributed by atoms with Gasteiger partial charge in [-0.15, -0.1) is 0 Å². The lowest BCUT2D eigenvalue weighted by atomic mass is 10.1. The number of hydrogen-bond donors (Lipinski definition) is 3. The maximum atomic E-state index is 12.0. The Morgan fingerprint density at radius 1 is 1.16 bits per heavy atom. The van der Waals surface area contributed by atoms with Crippen LogP contribution in [0.4, 0.5) is 11.5 Å². The highest BCUT2D eigenvalue weighted by atomic mass is 16.5. The van der Waals surface area contributed by atoms with E-state index in [9.17, 15) is 4.79 Å². The van der Waals surface area contributed by atoms with Gasteiger partial charge in [0.25, 0.3) is 5.91 Å². The first-order chi connectivity index (χ1) is 15.3. The molecule has 0 aliphatic carbocycles. The summed E-state index contributed by atoms with van der Waals surface area (Å²) in [5.74, 6) is 0.606. The van der Waals surface area contributed by atoms with Crippen molar-refractivity contribution in [2.45, 2.75) is 6.42 Å². The number of morpholine rings is 1. The number of para-hydroxylation sites is 1. The summed E-state index contributed by atoms with van der Waals surface area (Å²) < 4.78 is 5.46. The second kappa shape index (κ2) is 8.61. The average Bonchev–Trinajstić information content (AvgIpc) is 3.26. The first-order valence-corrected chi connectivity index (χ1v) is 10.5. The fraction of sp³-hybridized carbons (Fsp3) is 0.261. The van der Waals surface area contributed by atoms with Gasteiger partial charge in [0, 0.05) is 60.5 Å². The van der Waals surface area contributed by atoms with Crippen molar-refractivity contribution in [3.05, 3.63) is 65.5 Å². The Morgan fingerprint density at radius 3 is 2.90 bits per heavy atom. The van der Waals surface area contributed by atoms with Crippen LogP contribution in [0.5, 0.6) is 0 Å². The Bertz CT molecular complexity index is 1120. The zero-order valence-corrected chi connectivity index (χ0v) is 17.1. The molecule has 0 radical (unpaired) electrons. The van der Waals surface area contributed by atoms with Crippen molar-refractivity contribution in [2.75, 3.05) is 43.2 Å². The van der Waals surface area contributed by atoms with E-state index in [-0.39, 0.29) is 5.91 Å². The van der Waals surface area contributed by atoms with Gasteiger partial charge in [0.1, 0.15) is 5.82 Å². The van der Waals surface area contributed by atoms with E-state index in [0.29, 0.717) is 17.9 Å². The normalized spacial score (nSPS) is 16.3. The average molecular weight is 416 g/mol.